The van der Waals surface area contributed by atoms with E-state index in [-0.39, 0.29) is 5.41 Å². The highest BCUT2D eigenvalue weighted by Crippen LogP contribution is 2.49. The Bertz CT molecular complexity index is 473. The average molecular weight is 357 g/mol. The molecule has 1 aromatic carbocycles. The Labute approximate surface area is 135 Å². The first-order chi connectivity index (χ1) is 9.95. The van der Waals surface area contributed by atoms with Crippen LogP contribution in [0, 0.1) is 11.3 Å². The van der Waals surface area contributed by atoms with Crippen molar-refractivity contribution in [2.75, 3.05) is 20.3 Å². The maximum absolute atomic E-state index is 10.7. The van der Waals surface area contributed by atoms with Gasteiger partial charge in [-0.15, -0.1) is 0 Å². The molecule has 4 heteroatoms. The summed E-state index contributed by atoms with van der Waals surface area (Å²) < 4.78 is 11.5. The summed E-state index contributed by atoms with van der Waals surface area (Å²) in [6, 6.07) is 5.85. The van der Waals surface area contributed by atoms with Gasteiger partial charge in [0.1, 0.15) is 12.4 Å². The van der Waals surface area contributed by atoms with E-state index in [9.17, 15) is 5.11 Å². The lowest BCUT2D eigenvalue weighted by molar-refractivity contribution is 0.0530. The predicted octanol–water partition coefficient (Wildman–Crippen LogP) is 4.33. The van der Waals surface area contributed by atoms with E-state index >= 15 is 0 Å². The van der Waals surface area contributed by atoms with E-state index in [1.807, 2.05) is 18.2 Å². The van der Waals surface area contributed by atoms with Gasteiger partial charge in [0, 0.05) is 7.11 Å². The molecule has 21 heavy (non-hydrogen) atoms. The van der Waals surface area contributed by atoms with Crippen molar-refractivity contribution in [3.8, 4) is 5.75 Å². The lowest BCUT2D eigenvalue weighted by Gasteiger charge is -2.31. The Morgan fingerprint density at radius 2 is 2.14 bits per heavy atom. The third-order valence-corrected chi connectivity index (χ3v) is 5.18. The molecule has 0 heterocycles. The van der Waals surface area contributed by atoms with Gasteiger partial charge >= 0.3 is 0 Å². The quantitative estimate of drug-likeness (QED) is 0.770. The summed E-state index contributed by atoms with van der Waals surface area (Å²) in [4.78, 5) is 0. The van der Waals surface area contributed by atoms with Crippen LogP contribution in [-0.4, -0.2) is 25.4 Å². The molecule has 2 unspecified atom stereocenters. The summed E-state index contributed by atoms with van der Waals surface area (Å²) in [5.41, 5.74) is 1.17. The Morgan fingerprint density at radius 3 is 2.71 bits per heavy atom. The number of aliphatic hydroxyl groups excluding tert-OH is 1. The van der Waals surface area contributed by atoms with Gasteiger partial charge in [0.2, 0.25) is 0 Å². The molecular weight excluding hydrogens is 332 g/mol. The van der Waals surface area contributed by atoms with E-state index in [0.717, 1.165) is 22.2 Å². The third kappa shape index (κ3) is 3.99. The average Bonchev–Trinajstić information content (AvgIpc) is 2.79. The van der Waals surface area contributed by atoms with Crippen LogP contribution >= 0.6 is 15.9 Å². The molecule has 1 fully saturated rings. The number of ether oxygens (including phenoxy) is 2. The van der Waals surface area contributed by atoms with Gasteiger partial charge in [-0.2, -0.15) is 0 Å². The molecule has 0 aromatic heterocycles. The zero-order chi connectivity index (χ0) is 15.5. The lowest BCUT2D eigenvalue weighted by atomic mass is 9.77. The van der Waals surface area contributed by atoms with Crippen LogP contribution in [0.2, 0.25) is 0 Å². The standard InChI is InChI=1S/C17H25BrO3/c1-17(2)8-4-5-13(17)16(19)12-6-7-15(14(18)11-12)21-10-9-20-3/h6-7,11,13,16,19H,4-5,8-10H2,1-3H3. The number of benzene rings is 1. The second kappa shape index (κ2) is 7.12. The van der Waals surface area contributed by atoms with E-state index in [4.69, 9.17) is 9.47 Å². The molecule has 118 valence electrons. The lowest BCUT2D eigenvalue weighted by Crippen LogP contribution is -2.24. The molecule has 3 nitrogen and oxygen atoms in total. The van der Waals surface area contributed by atoms with Crippen LogP contribution in [0.25, 0.3) is 0 Å². The molecular formula is C17H25BrO3. The van der Waals surface area contributed by atoms with Crippen molar-refractivity contribution in [2.24, 2.45) is 11.3 Å². The van der Waals surface area contributed by atoms with E-state index in [1.165, 1.54) is 12.8 Å². The smallest absolute Gasteiger partial charge is 0.133 e. The summed E-state index contributed by atoms with van der Waals surface area (Å²) in [7, 11) is 1.65. The van der Waals surface area contributed by atoms with E-state index in [0.29, 0.717) is 19.1 Å². The number of hydrogen-bond acceptors (Lipinski definition) is 3. The molecule has 0 radical (unpaired) electrons. The Hall–Kier alpha value is -0.580. The van der Waals surface area contributed by atoms with Crippen LogP contribution < -0.4 is 4.74 Å². The summed E-state index contributed by atoms with van der Waals surface area (Å²) in [6.45, 7) is 5.59. The predicted molar refractivity (Wildman–Crippen MR) is 87.6 cm³/mol. The topological polar surface area (TPSA) is 38.7 Å². The monoisotopic (exact) mass is 356 g/mol. The zero-order valence-corrected chi connectivity index (χ0v) is 14.6. The van der Waals surface area contributed by atoms with E-state index in [1.54, 1.807) is 7.11 Å². The van der Waals surface area contributed by atoms with Crippen LogP contribution in [0.3, 0.4) is 0 Å². The minimum absolute atomic E-state index is 0.208. The molecule has 2 rings (SSSR count). The first kappa shape index (κ1) is 16.8. The van der Waals surface area contributed by atoms with Crippen molar-refractivity contribution in [1.82, 2.24) is 0 Å². The van der Waals surface area contributed by atoms with Gasteiger partial charge in [-0.05, 0) is 57.8 Å². The van der Waals surface area contributed by atoms with E-state index in [2.05, 4.69) is 29.8 Å². The van der Waals surface area contributed by atoms with Crippen molar-refractivity contribution in [1.29, 1.82) is 0 Å². The molecule has 0 saturated heterocycles. The highest BCUT2D eigenvalue weighted by Gasteiger charge is 2.39. The van der Waals surface area contributed by atoms with Crippen molar-refractivity contribution < 1.29 is 14.6 Å². The van der Waals surface area contributed by atoms with Crippen molar-refractivity contribution >= 4 is 15.9 Å². The van der Waals surface area contributed by atoms with Gasteiger partial charge in [-0.25, -0.2) is 0 Å². The molecule has 2 atom stereocenters. The van der Waals surface area contributed by atoms with Crippen molar-refractivity contribution in [2.45, 2.75) is 39.2 Å². The molecule has 1 N–H and O–H groups in total. The first-order valence-corrected chi connectivity index (χ1v) is 8.34. The fraction of sp³-hybridized carbons (Fsp3) is 0.647. The second-order valence-corrected chi connectivity index (χ2v) is 7.32. The molecule has 1 aliphatic rings. The van der Waals surface area contributed by atoms with Crippen LogP contribution in [0.4, 0.5) is 0 Å². The maximum atomic E-state index is 10.7. The molecule has 0 amide bonds. The molecule has 0 aliphatic heterocycles. The Kier molecular flexibility index (Phi) is 5.69. The van der Waals surface area contributed by atoms with Crippen LogP contribution in [0.1, 0.15) is 44.8 Å². The highest BCUT2D eigenvalue weighted by molar-refractivity contribution is 9.10. The van der Waals surface area contributed by atoms with E-state index < -0.39 is 6.10 Å². The summed E-state index contributed by atoms with van der Waals surface area (Å²) in [5.74, 6) is 1.11. The summed E-state index contributed by atoms with van der Waals surface area (Å²) in [6.07, 6.45) is 3.08. The van der Waals surface area contributed by atoms with Crippen molar-refractivity contribution in [3.63, 3.8) is 0 Å². The van der Waals surface area contributed by atoms with Crippen LogP contribution in [0.5, 0.6) is 5.75 Å². The number of hydrogen-bond donors (Lipinski definition) is 1. The van der Waals surface area contributed by atoms with Gasteiger partial charge in [0.25, 0.3) is 0 Å². The number of methoxy groups -OCH3 is 1. The first-order valence-electron chi connectivity index (χ1n) is 7.55. The molecule has 0 spiro atoms. The highest BCUT2D eigenvalue weighted by atomic mass is 79.9. The largest absolute Gasteiger partial charge is 0.490 e. The summed E-state index contributed by atoms with van der Waals surface area (Å²) >= 11 is 3.53. The van der Waals surface area contributed by atoms with Gasteiger partial charge in [0.05, 0.1) is 17.2 Å². The van der Waals surface area contributed by atoms with Gasteiger partial charge < -0.3 is 14.6 Å². The Balaban J connectivity index is 2.08. The number of aliphatic hydroxyl groups is 1. The SMILES string of the molecule is COCCOc1ccc(C(O)C2CCCC2(C)C)cc1Br. The second-order valence-electron chi connectivity index (χ2n) is 6.46. The molecule has 1 aliphatic carbocycles. The van der Waals surface area contributed by atoms with Crippen LogP contribution in [-0.2, 0) is 4.74 Å². The molecule has 1 aromatic rings. The van der Waals surface area contributed by atoms with Gasteiger partial charge in [-0.1, -0.05) is 26.3 Å². The minimum Gasteiger partial charge on any atom is -0.490 e. The maximum Gasteiger partial charge on any atom is 0.133 e. The number of rotatable bonds is 6. The minimum atomic E-state index is -0.410. The van der Waals surface area contributed by atoms with Gasteiger partial charge in [0.15, 0.2) is 0 Å². The third-order valence-electron chi connectivity index (χ3n) is 4.56. The molecule has 1 saturated carbocycles. The summed E-state index contributed by atoms with van der Waals surface area (Å²) in [5, 5.41) is 10.7. The number of halogens is 1. The fourth-order valence-corrected chi connectivity index (χ4v) is 3.74. The van der Waals surface area contributed by atoms with Gasteiger partial charge in [-0.3, -0.25) is 0 Å². The van der Waals surface area contributed by atoms with Crippen molar-refractivity contribution in [3.05, 3.63) is 28.2 Å². The Morgan fingerprint density at radius 1 is 1.38 bits per heavy atom. The fourth-order valence-electron chi connectivity index (χ4n) is 3.22. The van der Waals surface area contributed by atoms with Crippen LogP contribution in [0.15, 0.2) is 22.7 Å². The normalized spacial score (nSPS) is 22.2. The molecule has 0 bridgehead atoms. The zero-order valence-electron chi connectivity index (χ0n) is 13.1.